The normalized spacial score (nSPS) is 11.9. The Morgan fingerprint density at radius 1 is 1.21 bits per heavy atom. The minimum absolute atomic E-state index is 0.648. The van der Waals surface area contributed by atoms with Crippen molar-refractivity contribution in [3.05, 3.63) is 24.2 Å². The molecule has 0 spiro atoms. The van der Waals surface area contributed by atoms with E-state index in [2.05, 4.69) is 20.8 Å². The Kier molecular flexibility index (Phi) is 4.42. The monoisotopic (exact) mass is 212 g/mol. The minimum atomic E-state index is -1.43. The minimum Gasteiger partial charge on any atom is -0.467 e. The van der Waals surface area contributed by atoms with Gasteiger partial charge in [-0.1, -0.05) is 20.8 Å². The van der Waals surface area contributed by atoms with Gasteiger partial charge in [-0.3, -0.25) is 0 Å². The van der Waals surface area contributed by atoms with Gasteiger partial charge in [0, 0.05) is 0 Å². The number of rotatable bonds is 6. The number of furan rings is 1. The van der Waals surface area contributed by atoms with Gasteiger partial charge in [0.1, 0.15) is 5.76 Å². The van der Waals surface area contributed by atoms with Crippen molar-refractivity contribution in [1.82, 2.24) is 0 Å². The molecule has 3 heteroatoms. The summed E-state index contributed by atoms with van der Waals surface area (Å²) in [7, 11) is -1.43. The van der Waals surface area contributed by atoms with Crippen LogP contribution in [-0.2, 0) is 11.0 Å². The molecule has 0 aliphatic rings. The second kappa shape index (κ2) is 5.37. The molecule has 1 aromatic heterocycles. The topological polar surface area (TPSA) is 22.4 Å². The lowest BCUT2D eigenvalue weighted by atomic mass is 10.5. The molecule has 0 atom stereocenters. The van der Waals surface area contributed by atoms with Crippen molar-refractivity contribution in [3.63, 3.8) is 0 Å². The molecular weight excluding hydrogens is 192 g/mol. The molecule has 0 aliphatic heterocycles. The van der Waals surface area contributed by atoms with Crippen LogP contribution in [0.4, 0.5) is 0 Å². The highest BCUT2D eigenvalue weighted by Gasteiger charge is 2.28. The van der Waals surface area contributed by atoms with Crippen molar-refractivity contribution >= 4 is 8.32 Å². The lowest BCUT2D eigenvalue weighted by Crippen LogP contribution is -2.35. The lowest BCUT2D eigenvalue weighted by molar-refractivity contribution is 0.254. The molecule has 1 heterocycles. The Morgan fingerprint density at radius 3 is 2.29 bits per heavy atom. The van der Waals surface area contributed by atoms with Crippen LogP contribution in [0.3, 0.4) is 0 Å². The fraction of sp³-hybridized carbons (Fsp3) is 0.636. The third kappa shape index (κ3) is 2.72. The van der Waals surface area contributed by atoms with Crippen LogP contribution in [0.25, 0.3) is 0 Å². The van der Waals surface area contributed by atoms with Gasteiger partial charge in [-0.15, -0.1) is 0 Å². The smallest absolute Gasteiger partial charge is 0.192 e. The van der Waals surface area contributed by atoms with Crippen LogP contribution in [0.1, 0.15) is 26.5 Å². The van der Waals surface area contributed by atoms with Crippen LogP contribution in [0.5, 0.6) is 0 Å². The summed E-state index contributed by atoms with van der Waals surface area (Å²) in [4.78, 5) is 0. The van der Waals surface area contributed by atoms with Gasteiger partial charge in [0.25, 0.3) is 0 Å². The summed E-state index contributed by atoms with van der Waals surface area (Å²) in [6.07, 6.45) is 1.70. The first-order valence-corrected chi connectivity index (χ1v) is 7.95. The van der Waals surface area contributed by atoms with E-state index >= 15 is 0 Å². The van der Waals surface area contributed by atoms with Crippen molar-refractivity contribution in [2.75, 3.05) is 0 Å². The summed E-state index contributed by atoms with van der Waals surface area (Å²) >= 11 is 0. The summed E-state index contributed by atoms with van der Waals surface area (Å²) < 4.78 is 11.3. The Balaban J connectivity index is 2.48. The molecule has 80 valence electrons. The summed E-state index contributed by atoms with van der Waals surface area (Å²) in [5, 5.41) is 0. The van der Waals surface area contributed by atoms with Crippen molar-refractivity contribution in [2.45, 2.75) is 45.5 Å². The van der Waals surface area contributed by atoms with E-state index in [0.717, 1.165) is 5.76 Å². The first-order chi connectivity index (χ1) is 6.76. The molecule has 0 saturated carbocycles. The highest BCUT2D eigenvalue weighted by molar-refractivity contribution is 6.73. The molecule has 0 N–H and O–H groups in total. The van der Waals surface area contributed by atoms with E-state index < -0.39 is 8.32 Å². The van der Waals surface area contributed by atoms with Gasteiger partial charge in [-0.05, 0) is 30.3 Å². The van der Waals surface area contributed by atoms with E-state index in [1.165, 1.54) is 18.1 Å². The quantitative estimate of drug-likeness (QED) is 0.669. The maximum atomic E-state index is 6.07. The SMILES string of the molecule is CC[Si](CC)(CC)OCc1ccco1. The maximum Gasteiger partial charge on any atom is 0.192 e. The molecule has 0 saturated heterocycles. The van der Waals surface area contributed by atoms with Gasteiger partial charge in [0.15, 0.2) is 8.32 Å². The number of hydrogen-bond acceptors (Lipinski definition) is 2. The Hall–Kier alpha value is -0.543. The van der Waals surface area contributed by atoms with Crippen molar-refractivity contribution < 1.29 is 8.84 Å². The standard InChI is InChI=1S/C11H20O2Si/c1-4-14(5-2,6-3)13-10-11-8-7-9-12-11/h7-9H,4-6,10H2,1-3H3. The van der Waals surface area contributed by atoms with Gasteiger partial charge in [-0.25, -0.2) is 0 Å². The van der Waals surface area contributed by atoms with E-state index in [1.807, 2.05) is 12.1 Å². The first kappa shape index (κ1) is 11.5. The van der Waals surface area contributed by atoms with Crippen molar-refractivity contribution in [2.24, 2.45) is 0 Å². The average molecular weight is 212 g/mol. The van der Waals surface area contributed by atoms with E-state index in [1.54, 1.807) is 6.26 Å². The zero-order valence-electron chi connectivity index (χ0n) is 9.38. The van der Waals surface area contributed by atoms with Crippen LogP contribution in [-0.4, -0.2) is 8.32 Å². The lowest BCUT2D eigenvalue weighted by Gasteiger charge is -2.27. The van der Waals surface area contributed by atoms with E-state index in [-0.39, 0.29) is 0 Å². The maximum absolute atomic E-state index is 6.07. The fourth-order valence-corrected chi connectivity index (χ4v) is 4.24. The third-order valence-electron chi connectivity index (χ3n) is 3.03. The molecule has 2 nitrogen and oxygen atoms in total. The van der Waals surface area contributed by atoms with Crippen molar-refractivity contribution in [1.29, 1.82) is 0 Å². The van der Waals surface area contributed by atoms with Crippen LogP contribution < -0.4 is 0 Å². The summed E-state index contributed by atoms with van der Waals surface area (Å²) in [5.74, 6) is 0.942. The van der Waals surface area contributed by atoms with E-state index in [0.29, 0.717) is 6.61 Å². The highest BCUT2D eigenvalue weighted by Crippen LogP contribution is 2.23. The zero-order chi connectivity index (χ0) is 10.4. The highest BCUT2D eigenvalue weighted by atomic mass is 28.4. The van der Waals surface area contributed by atoms with Crippen LogP contribution in [0.2, 0.25) is 18.1 Å². The van der Waals surface area contributed by atoms with E-state index in [4.69, 9.17) is 8.84 Å². The van der Waals surface area contributed by atoms with Crippen LogP contribution in [0, 0.1) is 0 Å². The molecule has 14 heavy (non-hydrogen) atoms. The summed E-state index contributed by atoms with van der Waals surface area (Å²) in [6.45, 7) is 7.36. The molecule has 0 aliphatic carbocycles. The molecule has 0 radical (unpaired) electrons. The Labute approximate surface area is 87.4 Å². The second-order valence-corrected chi connectivity index (χ2v) is 8.39. The Morgan fingerprint density at radius 2 is 1.86 bits per heavy atom. The summed E-state index contributed by atoms with van der Waals surface area (Å²) in [5.41, 5.74) is 0. The fourth-order valence-electron chi connectivity index (χ4n) is 1.68. The predicted octanol–water partition coefficient (Wildman–Crippen LogP) is 3.80. The third-order valence-corrected chi connectivity index (χ3v) is 7.66. The van der Waals surface area contributed by atoms with Crippen LogP contribution >= 0.6 is 0 Å². The predicted molar refractivity (Wildman–Crippen MR) is 60.7 cm³/mol. The molecule has 0 fully saturated rings. The summed E-state index contributed by atoms with van der Waals surface area (Å²) in [6, 6.07) is 7.47. The molecule has 1 rings (SSSR count). The number of hydrogen-bond donors (Lipinski definition) is 0. The van der Waals surface area contributed by atoms with Gasteiger partial charge in [-0.2, -0.15) is 0 Å². The van der Waals surface area contributed by atoms with Gasteiger partial charge < -0.3 is 8.84 Å². The molecular formula is C11H20O2Si. The molecule has 0 unspecified atom stereocenters. The van der Waals surface area contributed by atoms with Crippen molar-refractivity contribution in [3.8, 4) is 0 Å². The second-order valence-electron chi connectivity index (χ2n) is 3.61. The van der Waals surface area contributed by atoms with Crippen LogP contribution in [0.15, 0.2) is 22.8 Å². The first-order valence-electron chi connectivity index (χ1n) is 5.42. The van der Waals surface area contributed by atoms with Gasteiger partial charge in [0.05, 0.1) is 12.9 Å². The Bertz CT molecular complexity index is 232. The zero-order valence-corrected chi connectivity index (χ0v) is 10.4. The van der Waals surface area contributed by atoms with Gasteiger partial charge >= 0.3 is 0 Å². The molecule has 0 bridgehead atoms. The average Bonchev–Trinajstić information content (AvgIpc) is 2.74. The largest absolute Gasteiger partial charge is 0.467 e. The molecule has 0 aromatic carbocycles. The molecule has 0 amide bonds. The molecule has 1 aromatic rings. The van der Waals surface area contributed by atoms with Gasteiger partial charge in [0.2, 0.25) is 0 Å². The van der Waals surface area contributed by atoms with E-state index in [9.17, 15) is 0 Å².